The molecule has 2 aromatic carbocycles. The van der Waals surface area contributed by atoms with E-state index in [2.05, 4.69) is 20.9 Å². The number of hydrogen-bond donors (Lipinski definition) is 3. The van der Waals surface area contributed by atoms with E-state index in [9.17, 15) is 18.8 Å². The number of nitrogens with zero attached hydrogens (tertiary/aromatic N) is 1. The van der Waals surface area contributed by atoms with Gasteiger partial charge in [-0.2, -0.15) is 0 Å². The fourth-order valence-corrected chi connectivity index (χ4v) is 5.05. The van der Waals surface area contributed by atoms with E-state index in [-0.39, 0.29) is 31.4 Å². The van der Waals surface area contributed by atoms with Crippen molar-refractivity contribution >= 4 is 46.7 Å². The van der Waals surface area contributed by atoms with Crippen molar-refractivity contribution in [1.29, 1.82) is 0 Å². The van der Waals surface area contributed by atoms with Crippen LogP contribution in [0.25, 0.3) is 0 Å². The minimum atomic E-state index is -1.02. The van der Waals surface area contributed by atoms with Gasteiger partial charge >= 0.3 is 5.97 Å². The Balaban J connectivity index is 1.83. The molecular weight excluding hydrogens is 558 g/mol. The molecule has 3 rings (SSSR count). The lowest BCUT2D eigenvalue weighted by Gasteiger charge is -2.25. The van der Waals surface area contributed by atoms with Crippen LogP contribution >= 0.6 is 23.2 Å². The van der Waals surface area contributed by atoms with Gasteiger partial charge in [-0.25, -0.2) is 9.18 Å². The number of hydrogen-bond acceptors (Lipinski definition) is 6. The van der Waals surface area contributed by atoms with Gasteiger partial charge in [-0.05, 0) is 61.7 Å². The number of ether oxygens (including phenoxy) is 1. The first-order chi connectivity index (χ1) is 19.3. The fraction of sp³-hybridized carbons (Fsp3) is 0.483. The Morgan fingerprint density at radius 2 is 1.73 bits per heavy atom. The van der Waals surface area contributed by atoms with E-state index >= 15 is 0 Å². The normalized spacial score (nSPS) is 16.1. The molecule has 0 saturated carbocycles. The Labute approximate surface area is 244 Å². The van der Waals surface area contributed by atoms with Crippen molar-refractivity contribution < 1.29 is 23.5 Å². The monoisotopic (exact) mass is 594 g/mol. The number of benzene rings is 2. The van der Waals surface area contributed by atoms with Gasteiger partial charge in [0.1, 0.15) is 17.9 Å². The Hall–Kier alpha value is -2.88. The zero-order valence-corrected chi connectivity index (χ0v) is 24.1. The largest absolute Gasteiger partial charge is 0.464 e. The van der Waals surface area contributed by atoms with Gasteiger partial charge in [0.15, 0.2) is 0 Å². The van der Waals surface area contributed by atoms with Gasteiger partial charge in [-0.1, -0.05) is 24.3 Å². The smallest absolute Gasteiger partial charge is 0.328 e. The quantitative estimate of drug-likeness (QED) is 0.216. The summed E-state index contributed by atoms with van der Waals surface area (Å²) < 4.78 is 18.6. The van der Waals surface area contributed by atoms with E-state index in [1.807, 2.05) is 24.3 Å². The third-order valence-electron chi connectivity index (χ3n) is 6.67. The van der Waals surface area contributed by atoms with Crippen molar-refractivity contribution in [3.8, 4) is 0 Å². The highest BCUT2D eigenvalue weighted by molar-refractivity contribution is 6.18. The zero-order chi connectivity index (χ0) is 28.9. The van der Waals surface area contributed by atoms with Crippen molar-refractivity contribution in [2.45, 2.75) is 50.7 Å². The number of amides is 2. The summed E-state index contributed by atoms with van der Waals surface area (Å²) in [4.78, 5) is 41.5. The number of esters is 1. The lowest BCUT2D eigenvalue weighted by Crippen LogP contribution is -2.55. The van der Waals surface area contributed by atoms with E-state index in [1.165, 1.54) is 12.1 Å². The molecule has 1 fully saturated rings. The third kappa shape index (κ3) is 9.64. The lowest BCUT2D eigenvalue weighted by atomic mass is 10.0. The van der Waals surface area contributed by atoms with Gasteiger partial charge in [0.25, 0.3) is 0 Å². The fourth-order valence-electron chi connectivity index (χ4n) is 4.64. The first-order valence-corrected chi connectivity index (χ1v) is 14.6. The SMILES string of the molecule is CCOC(=O)[C@H](Cc1ccc(F)cc1)NC(=O)[C@@H](Cc1cccc(N(CCCl)CCCl)c1)NC(=O)[C@@H]1CCCN1. The molecule has 0 aliphatic carbocycles. The maximum atomic E-state index is 13.6. The predicted octanol–water partition coefficient (Wildman–Crippen LogP) is 3.18. The van der Waals surface area contributed by atoms with E-state index in [4.69, 9.17) is 27.9 Å². The molecule has 0 spiro atoms. The van der Waals surface area contributed by atoms with Crippen LogP contribution in [0.5, 0.6) is 0 Å². The average molecular weight is 596 g/mol. The summed E-state index contributed by atoms with van der Waals surface area (Å²) in [5.74, 6) is -0.940. The summed E-state index contributed by atoms with van der Waals surface area (Å²) in [6, 6.07) is 11.0. The number of halogens is 3. The van der Waals surface area contributed by atoms with Crippen molar-refractivity contribution in [2.75, 3.05) is 42.9 Å². The van der Waals surface area contributed by atoms with Crippen LogP contribution in [0.3, 0.4) is 0 Å². The minimum absolute atomic E-state index is 0.108. The molecule has 1 aliphatic rings. The summed E-state index contributed by atoms with van der Waals surface area (Å²) in [6.45, 7) is 3.76. The van der Waals surface area contributed by atoms with Crippen LogP contribution in [0, 0.1) is 5.82 Å². The van der Waals surface area contributed by atoms with Gasteiger partial charge in [-0.3, -0.25) is 9.59 Å². The second-order valence-electron chi connectivity index (χ2n) is 9.59. The average Bonchev–Trinajstić information content (AvgIpc) is 3.49. The second kappa shape index (κ2) is 16.4. The van der Waals surface area contributed by atoms with Crippen LogP contribution in [-0.4, -0.2) is 73.9 Å². The number of alkyl halides is 2. The molecule has 1 heterocycles. The summed E-state index contributed by atoms with van der Waals surface area (Å²) in [5.41, 5.74) is 2.38. The highest BCUT2D eigenvalue weighted by Gasteiger charge is 2.31. The highest BCUT2D eigenvalue weighted by Crippen LogP contribution is 2.18. The summed E-state index contributed by atoms with van der Waals surface area (Å²) in [5, 5.41) is 8.80. The predicted molar refractivity (Wildman–Crippen MR) is 155 cm³/mol. The maximum absolute atomic E-state index is 13.6. The number of carbonyl (C=O) groups excluding carboxylic acids is 3. The maximum Gasteiger partial charge on any atom is 0.328 e. The highest BCUT2D eigenvalue weighted by atomic mass is 35.5. The molecule has 3 atom stereocenters. The summed E-state index contributed by atoms with van der Waals surface area (Å²) in [7, 11) is 0. The van der Waals surface area contributed by atoms with Crippen molar-refractivity contribution in [3.05, 3.63) is 65.5 Å². The Bertz CT molecular complexity index is 1110. The first-order valence-electron chi connectivity index (χ1n) is 13.6. The van der Waals surface area contributed by atoms with Crippen molar-refractivity contribution in [3.63, 3.8) is 0 Å². The summed E-state index contributed by atoms with van der Waals surface area (Å²) >= 11 is 12.0. The molecule has 2 amide bonds. The molecular formula is C29H37Cl2FN4O4. The van der Waals surface area contributed by atoms with Gasteiger partial charge in [0.2, 0.25) is 11.8 Å². The van der Waals surface area contributed by atoms with Crippen LogP contribution in [0.4, 0.5) is 10.1 Å². The molecule has 3 N–H and O–H groups in total. The second-order valence-corrected chi connectivity index (χ2v) is 10.3. The molecule has 218 valence electrons. The summed E-state index contributed by atoms with van der Waals surface area (Å²) in [6.07, 6.45) is 1.85. The molecule has 0 bridgehead atoms. The molecule has 0 unspecified atom stereocenters. The third-order valence-corrected chi connectivity index (χ3v) is 7.01. The van der Waals surface area contributed by atoms with Crippen LogP contribution in [-0.2, 0) is 32.0 Å². The van der Waals surface area contributed by atoms with Crippen LogP contribution in [0.15, 0.2) is 48.5 Å². The van der Waals surface area contributed by atoms with Gasteiger partial charge < -0.3 is 25.6 Å². The molecule has 0 aromatic heterocycles. The van der Waals surface area contributed by atoms with E-state index in [0.29, 0.717) is 36.8 Å². The topological polar surface area (TPSA) is 99.8 Å². The first kappa shape index (κ1) is 31.6. The van der Waals surface area contributed by atoms with Crippen LogP contribution < -0.4 is 20.9 Å². The van der Waals surface area contributed by atoms with E-state index in [1.54, 1.807) is 19.1 Å². The zero-order valence-electron chi connectivity index (χ0n) is 22.6. The number of nitrogens with one attached hydrogen (secondary N) is 3. The Kier molecular flexibility index (Phi) is 13.0. The van der Waals surface area contributed by atoms with E-state index < -0.39 is 29.8 Å². The van der Waals surface area contributed by atoms with E-state index in [0.717, 1.165) is 24.2 Å². The molecule has 1 aliphatic heterocycles. The molecule has 40 heavy (non-hydrogen) atoms. The van der Waals surface area contributed by atoms with Gasteiger partial charge in [0.05, 0.1) is 12.6 Å². The number of carbonyl (C=O) groups is 3. The Morgan fingerprint density at radius 3 is 2.35 bits per heavy atom. The number of anilines is 1. The molecule has 8 nitrogen and oxygen atoms in total. The van der Waals surface area contributed by atoms with Crippen molar-refractivity contribution in [2.24, 2.45) is 0 Å². The lowest BCUT2D eigenvalue weighted by molar-refractivity contribution is -0.147. The molecule has 0 radical (unpaired) electrons. The molecule has 11 heteroatoms. The number of rotatable bonds is 15. The Morgan fingerprint density at radius 1 is 1.02 bits per heavy atom. The minimum Gasteiger partial charge on any atom is -0.464 e. The van der Waals surface area contributed by atoms with Crippen LogP contribution in [0.2, 0.25) is 0 Å². The molecule has 2 aromatic rings. The molecule has 1 saturated heterocycles. The van der Waals surface area contributed by atoms with Gasteiger partial charge in [-0.15, -0.1) is 23.2 Å². The van der Waals surface area contributed by atoms with Crippen molar-refractivity contribution in [1.82, 2.24) is 16.0 Å². The standard InChI is InChI=1S/C29H37Cl2FN4O4/c1-2-40-29(39)26(18-20-8-10-22(32)11-9-20)35-28(38)25(34-27(37)24-7-4-14-33-24)19-21-5-3-6-23(17-21)36(15-12-30)16-13-31/h3,5-6,8-11,17,24-26,33H,2,4,7,12-16,18-19H2,1H3,(H,34,37)(H,35,38)/t24-,25+,26-/m0/s1. The van der Waals surface area contributed by atoms with Gasteiger partial charge in [0, 0.05) is 43.4 Å². The van der Waals surface area contributed by atoms with Crippen LogP contribution in [0.1, 0.15) is 30.9 Å².